The number of amides is 2. The highest BCUT2D eigenvalue weighted by molar-refractivity contribution is 5.74. The summed E-state index contributed by atoms with van der Waals surface area (Å²) >= 11 is 0. The zero-order chi connectivity index (χ0) is 20.2. The summed E-state index contributed by atoms with van der Waals surface area (Å²) < 4.78 is 11.7. The van der Waals surface area contributed by atoms with Crippen LogP contribution in [0.4, 0.5) is 4.79 Å². The van der Waals surface area contributed by atoms with Gasteiger partial charge in [0.25, 0.3) is 0 Å². The number of benzene rings is 2. The third-order valence-electron chi connectivity index (χ3n) is 5.21. The Morgan fingerprint density at radius 1 is 1.17 bits per heavy atom. The van der Waals surface area contributed by atoms with Crippen LogP contribution in [0.15, 0.2) is 52.9 Å². The molecule has 1 aliphatic rings. The molecular weight excluding hydrogens is 366 g/mol. The number of piperidine rings is 1. The topological polar surface area (TPSA) is 67.6 Å². The molecule has 0 aliphatic carbocycles. The van der Waals surface area contributed by atoms with Gasteiger partial charge in [0.05, 0.1) is 6.10 Å². The monoisotopic (exact) mass is 393 g/mol. The molecule has 2 heterocycles. The van der Waals surface area contributed by atoms with Crippen LogP contribution in [0.25, 0.3) is 11.1 Å². The van der Waals surface area contributed by atoms with E-state index < -0.39 is 0 Å². The van der Waals surface area contributed by atoms with Crippen LogP contribution >= 0.6 is 0 Å². The molecule has 0 saturated carbocycles. The third kappa shape index (κ3) is 4.53. The molecule has 1 saturated heterocycles. The molecule has 152 valence electrons. The number of hydrogen-bond donors (Lipinski definition) is 1. The van der Waals surface area contributed by atoms with Crippen LogP contribution in [0.2, 0.25) is 0 Å². The highest BCUT2D eigenvalue weighted by atomic mass is 16.5. The number of hydrogen-bond acceptors (Lipinski definition) is 4. The normalized spacial score (nSPS) is 15.1. The Kier molecular flexibility index (Phi) is 5.69. The first-order chi connectivity index (χ1) is 14.1. The lowest BCUT2D eigenvalue weighted by molar-refractivity contribution is 0.177. The van der Waals surface area contributed by atoms with E-state index in [0.29, 0.717) is 19.6 Å². The summed E-state index contributed by atoms with van der Waals surface area (Å²) in [6, 6.07) is 15.6. The average molecular weight is 393 g/mol. The predicted molar refractivity (Wildman–Crippen MR) is 112 cm³/mol. The van der Waals surface area contributed by atoms with Gasteiger partial charge in [-0.1, -0.05) is 30.3 Å². The number of oxazole rings is 1. The van der Waals surface area contributed by atoms with E-state index in [4.69, 9.17) is 9.15 Å². The van der Waals surface area contributed by atoms with Crippen molar-refractivity contribution in [2.75, 3.05) is 13.1 Å². The van der Waals surface area contributed by atoms with Crippen molar-refractivity contribution < 1.29 is 13.9 Å². The molecule has 0 bridgehead atoms. The molecule has 0 spiro atoms. The van der Waals surface area contributed by atoms with Crippen LogP contribution in [-0.4, -0.2) is 35.1 Å². The third-order valence-corrected chi connectivity index (χ3v) is 5.21. The first-order valence-electron chi connectivity index (χ1n) is 10.2. The lowest BCUT2D eigenvalue weighted by Gasteiger charge is -2.30. The van der Waals surface area contributed by atoms with Crippen molar-refractivity contribution in [2.24, 2.45) is 0 Å². The van der Waals surface area contributed by atoms with Crippen LogP contribution < -0.4 is 10.1 Å². The molecule has 1 fully saturated rings. The van der Waals surface area contributed by atoms with E-state index in [9.17, 15) is 4.79 Å². The Bertz CT molecular complexity index is 941. The van der Waals surface area contributed by atoms with E-state index in [1.165, 1.54) is 0 Å². The van der Waals surface area contributed by atoms with E-state index in [0.717, 1.165) is 41.1 Å². The summed E-state index contributed by atoms with van der Waals surface area (Å²) in [5.41, 5.74) is 2.70. The van der Waals surface area contributed by atoms with Gasteiger partial charge in [0.15, 0.2) is 11.5 Å². The highest BCUT2D eigenvalue weighted by Crippen LogP contribution is 2.30. The Hall–Kier alpha value is -3.02. The Balaban J connectivity index is 1.31. The molecular formula is C23H27N3O3. The molecule has 1 aromatic heterocycles. The van der Waals surface area contributed by atoms with Gasteiger partial charge in [0.2, 0.25) is 0 Å². The molecule has 0 radical (unpaired) electrons. The number of urea groups is 1. The van der Waals surface area contributed by atoms with Crippen molar-refractivity contribution >= 4 is 17.1 Å². The number of para-hydroxylation sites is 3. The summed E-state index contributed by atoms with van der Waals surface area (Å²) in [7, 11) is 0. The van der Waals surface area contributed by atoms with Crippen molar-refractivity contribution in [3.8, 4) is 5.75 Å². The van der Waals surface area contributed by atoms with Crippen molar-refractivity contribution in [1.82, 2.24) is 15.2 Å². The Morgan fingerprint density at radius 2 is 1.90 bits per heavy atom. The Morgan fingerprint density at radius 3 is 2.66 bits per heavy atom. The van der Waals surface area contributed by atoms with Crippen LogP contribution in [0.3, 0.4) is 0 Å². The molecule has 0 unspecified atom stereocenters. The van der Waals surface area contributed by atoms with E-state index in [1.54, 1.807) is 0 Å². The van der Waals surface area contributed by atoms with Crippen LogP contribution in [0.1, 0.15) is 44.1 Å². The summed E-state index contributed by atoms with van der Waals surface area (Å²) in [4.78, 5) is 19.1. The fourth-order valence-corrected chi connectivity index (χ4v) is 3.70. The van der Waals surface area contributed by atoms with Gasteiger partial charge in [-0.25, -0.2) is 9.78 Å². The second-order valence-electron chi connectivity index (χ2n) is 7.71. The minimum absolute atomic E-state index is 0.0413. The van der Waals surface area contributed by atoms with Gasteiger partial charge >= 0.3 is 6.03 Å². The first kappa shape index (κ1) is 19.3. The van der Waals surface area contributed by atoms with Gasteiger partial charge in [-0.2, -0.15) is 0 Å². The number of nitrogens with one attached hydrogen (secondary N) is 1. The minimum Gasteiger partial charge on any atom is -0.491 e. The van der Waals surface area contributed by atoms with Gasteiger partial charge < -0.3 is 19.4 Å². The van der Waals surface area contributed by atoms with Crippen molar-refractivity contribution in [1.29, 1.82) is 0 Å². The molecule has 0 atom stereocenters. The maximum Gasteiger partial charge on any atom is 0.317 e. The zero-order valence-electron chi connectivity index (χ0n) is 16.9. The van der Waals surface area contributed by atoms with Gasteiger partial charge in [-0.15, -0.1) is 0 Å². The maximum atomic E-state index is 12.6. The molecule has 3 aromatic rings. The van der Waals surface area contributed by atoms with E-state index in [-0.39, 0.29) is 18.1 Å². The number of ether oxygens (including phenoxy) is 1. The summed E-state index contributed by atoms with van der Waals surface area (Å²) in [5.74, 6) is 1.86. The molecule has 1 N–H and O–H groups in total. The molecule has 2 aromatic carbocycles. The van der Waals surface area contributed by atoms with E-state index >= 15 is 0 Å². The number of likely N-dealkylation sites (tertiary alicyclic amines) is 1. The number of aromatic nitrogens is 1. The van der Waals surface area contributed by atoms with Crippen LogP contribution in [0, 0.1) is 0 Å². The van der Waals surface area contributed by atoms with E-state index in [1.807, 2.05) is 67.3 Å². The minimum atomic E-state index is -0.0413. The fourth-order valence-electron chi connectivity index (χ4n) is 3.70. The van der Waals surface area contributed by atoms with Crippen molar-refractivity contribution in [2.45, 2.75) is 45.3 Å². The quantitative estimate of drug-likeness (QED) is 0.682. The molecule has 4 rings (SSSR count). The zero-order valence-corrected chi connectivity index (χ0v) is 16.9. The lowest BCUT2D eigenvalue weighted by atomic mass is 9.97. The first-order valence-corrected chi connectivity index (χ1v) is 10.2. The summed E-state index contributed by atoms with van der Waals surface area (Å²) in [6.45, 7) is 5.83. The summed E-state index contributed by atoms with van der Waals surface area (Å²) in [5, 5.41) is 3.03. The highest BCUT2D eigenvalue weighted by Gasteiger charge is 2.27. The number of nitrogens with zero attached hydrogens (tertiary/aromatic N) is 2. The lowest BCUT2D eigenvalue weighted by Crippen LogP contribution is -2.43. The molecule has 6 heteroatoms. The van der Waals surface area contributed by atoms with Gasteiger partial charge in [0.1, 0.15) is 11.3 Å². The largest absolute Gasteiger partial charge is 0.491 e. The van der Waals surface area contributed by atoms with Gasteiger partial charge in [-0.05, 0) is 44.9 Å². The number of carbonyl (C=O) groups is 1. The van der Waals surface area contributed by atoms with Gasteiger partial charge in [-0.3, -0.25) is 0 Å². The SMILES string of the molecule is CC(C)Oc1ccccc1CNC(=O)N1CCC(c2nc3ccccc3o2)CC1. The molecule has 6 nitrogen and oxygen atoms in total. The average Bonchev–Trinajstić information content (AvgIpc) is 3.17. The van der Waals surface area contributed by atoms with Gasteiger partial charge in [0, 0.05) is 31.1 Å². The number of rotatable bonds is 5. The van der Waals surface area contributed by atoms with E-state index in [2.05, 4.69) is 10.3 Å². The summed E-state index contributed by atoms with van der Waals surface area (Å²) in [6.07, 6.45) is 1.80. The van der Waals surface area contributed by atoms with Crippen LogP contribution in [0.5, 0.6) is 5.75 Å². The second-order valence-corrected chi connectivity index (χ2v) is 7.71. The molecule has 1 aliphatic heterocycles. The molecule has 2 amide bonds. The number of carbonyl (C=O) groups excluding carboxylic acids is 1. The predicted octanol–water partition coefficient (Wildman–Crippen LogP) is 4.70. The smallest absolute Gasteiger partial charge is 0.317 e. The fraction of sp³-hybridized carbons (Fsp3) is 0.391. The maximum absolute atomic E-state index is 12.6. The van der Waals surface area contributed by atoms with Crippen molar-refractivity contribution in [3.05, 3.63) is 60.0 Å². The number of fused-ring (bicyclic) bond motifs is 1. The van der Waals surface area contributed by atoms with Crippen LogP contribution in [-0.2, 0) is 6.54 Å². The van der Waals surface area contributed by atoms with Crippen molar-refractivity contribution in [3.63, 3.8) is 0 Å². The Labute approximate surface area is 170 Å². The standard InChI is InChI=1S/C23H27N3O3/c1-16(2)28-20-9-5-3-7-18(20)15-24-23(27)26-13-11-17(12-14-26)22-25-19-8-4-6-10-21(19)29-22/h3-10,16-17H,11-15H2,1-2H3,(H,24,27). The second kappa shape index (κ2) is 8.55. The molecule has 29 heavy (non-hydrogen) atoms.